The van der Waals surface area contributed by atoms with Crippen molar-refractivity contribution in [3.63, 3.8) is 0 Å². The number of piperidine rings is 1. The number of carbonyl (C=O) groups is 1. The van der Waals surface area contributed by atoms with E-state index in [2.05, 4.69) is 10.3 Å². The molecule has 23 heavy (non-hydrogen) atoms. The Labute approximate surface area is 136 Å². The summed E-state index contributed by atoms with van der Waals surface area (Å²) in [6, 6.07) is 3.52. The fraction of sp³-hybridized carbons (Fsp3) is 0.600. The summed E-state index contributed by atoms with van der Waals surface area (Å²) in [6.07, 6.45) is 4.66. The molecule has 1 aromatic rings. The van der Waals surface area contributed by atoms with Gasteiger partial charge in [0, 0.05) is 25.7 Å². The Morgan fingerprint density at radius 2 is 2.17 bits per heavy atom. The van der Waals surface area contributed by atoms with E-state index < -0.39 is 10.0 Å². The van der Waals surface area contributed by atoms with E-state index in [1.54, 1.807) is 18.3 Å². The van der Waals surface area contributed by atoms with Crippen LogP contribution >= 0.6 is 0 Å². The quantitative estimate of drug-likeness (QED) is 0.827. The highest BCUT2D eigenvalue weighted by molar-refractivity contribution is 7.88. The first-order valence-corrected chi connectivity index (χ1v) is 9.61. The van der Waals surface area contributed by atoms with Crippen molar-refractivity contribution in [1.29, 1.82) is 0 Å². The van der Waals surface area contributed by atoms with E-state index in [1.807, 2.05) is 0 Å². The molecule has 0 spiro atoms. The van der Waals surface area contributed by atoms with Gasteiger partial charge in [-0.15, -0.1) is 0 Å². The van der Waals surface area contributed by atoms with Crippen LogP contribution in [-0.2, 0) is 14.8 Å². The maximum absolute atomic E-state index is 12.3. The summed E-state index contributed by atoms with van der Waals surface area (Å²) in [5.41, 5.74) is 0.588. The molecule has 7 nitrogen and oxygen atoms in total. The molecule has 3 rings (SSSR count). The molecule has 0 unspecified atom stereocenters. The van der Waals surface area contributed by atoms with Crippen molar-refractivity contribution < 1.29 is 17.9 Å². The molecule has 0 aromatic carbocycles. The van der Waals surface area contributed by atoms with Gasteiger partial charge in [0.25, 0.3) is 0 Å². The van der Waals surface area contributed by atoms with E-state index in [0.717, 1.165) is 0 Å². The van der Waals surface area contributed by atoms with Crippen molar-refractivity contribution in [2.45, 2.75) is 19.3 Å². The molecule has 1 N–H and O–H groups in total. The van der Waals surface area contributed by atoms with Crippen molar-refractivity contribution in [2.75, 3.05) is 31.3 Å². The van der Waals surface area contributed by atoms with Crippen LogP contribution in [0, 0.1) is 11.8 Å². The van der Waals surface area contributed by atoms with Crippen LogP contribution in [0.1, 0.15) is 19.3 Å². The summed E-state index contributed by atoms with van der Waals surface area (Å²) in [5, 5.41) is 2.85. The van der Waals surface area contributed by atoms with Crippen LogP contribution in [-0.4, -0.2) is 49.6 Å². The first-order chi connectivity index (χ1) is 10.9. The minimum absolute atomic E-state index is 0.0763. The van der Waals surface area contributed by atoms with Crippen molar-refractivity contribution >= 4 is 21.6 Å². The number of amides is 1. The summed E-state index contributed by atoms with van der Waals surface area (Å²) in [5.74, 6) is 0.631. The number of nitrogens with one attached hydrogen (secondary N) is 1. The Hall–Kier alpha value is -1.67. The fourth-order valence-corrected chi connectivity index (χ4v) is 4.19. The number of hydrogen-bond donors (Lipinski definition) is 1. The molecular weight excluding hydrogens is 318 g/mol. The SMILES string of the molecule is CS(=O)(=O)N1CC[C@H]2CC(=O)Nc3cccnc3OCC[C@H]2C1. The van der Waals surface area contributed by atoms with Crippen LogP contribution in [0.15, 0.2) is 18.3 Å². The van der Waals surface area contributed by atoms with Gasteiger partial charge < -0.3 is 10.1 Å². The smallest absolute Gasteiger partial charge is 0.237 e. The Balaban J connectivity index is 1.78. The summed E-state index contributed by atoms with van der Waals surface area (Å²) in [6.45, 7) is 1.39. The standard InChI is InChI=1S/C15H21N3O4S/c1-23(20,21)18-7-4-11-9-14(19)17-13-3-2-6-16-15(13)22-8-5-12(11)10-18/h2-3,6,11-12H,4-5,7-10H2,1H3,(H,17,19)/t11-,12-/m0/s1. The average molecular weight is 339 g/mol. The number of sulfonamides is 1. The lowest BCUT2D eigenvalue weighted by Gasteiger charge is -2.37. The maximum Gasteiger partial charge on any atom is 0.237 e. The fourth-order valence-electron chi connectivity index (χ4n) is 3.29. The molecule has 0 saturated carbocycles. The van der Waals surface area contributed by atoms with Crippen LogP contribution in [0.5, 0.6) is 5.88 Å². The summed E-state index contributed by atoms with van der Waals surface area (Å²) < 4.78 is 30.7. The lowest BCUT2D eigenvalue weighted by atomic mass is 9.82. The highest BCUT2D eigenvalue weighted by Crippen LogP contribution is 2.32. The van der Waals surface area contributed by atoms with E-state index >= 15 is 0 Å². The van der Waals surface area contributed by atoms with Crippen LogP contribution < -0.4 is 10.1 Å². The average Bonchev–Trinajstić information content (AvgIpc) is 2.49. The number of nitrogens with zero attached hydrogens (tertiary/aromatic N) is 2. The summed E-state index contributed by atoms with van der Waals surface area (Å²) in [4.78, 5) is 16.4. The molecular formula is C15H21N3O4S. The second-order valence-electron chi connectivity index (χ2n) is 6.18. The molecule has 2 atom stereocenters. The molecule has 0 bridgehead atoms. The number of anilines is 1. The molecule has 8 heteroatoms. The van der Waals surface area contributed by atoms with Gasteiger partial charge in [0.15, 0.2) is 0 Å². The minimum atomic E-state index is -3.20. The van der Waals surface area contributed by atoms with E-state index in [9.17, 15) is 13.2 Å². The molecule has 126 valence electrons. The molecule has 3 heterocycles. The van der Waals surface area contributed by atoms with Crippen molar-refractivity contribution in [3.8, 4) is 5.88 Å². The second-order valence-corrected chi connectivity index (χ2v) is 8.16. The lowest BCUT2D eigenvalue weighted by Crippen LogP contribution is -2.44. The number of fused-ring (bicyclic) bond motifs is 2. The van der Waals surface area contributed by atoms with Crippen molar-refractivity contribution in [3.05, 3.63) is 18.3 Å². The Morgan fingerprint density at radius 1 is 1.35 bits per heavy atom. The Morgan fingerprint density at radius 3 is 2.96 bits per heavy atom. The van der Waals surface area contributed by atoms with Crippen molar-refractivity contribution in [1.82, 2.24) is 9.29 Å². The number of carbonyl (C=O) groups excluding carboxylic acids is 1. The normalized spacial score (nSPS) is 26.4. The van der Waals surface area contributed by atoms with Gasteiger partial charge in [-0.3, -0.25) is 4.79 Å². The summed E-state index contributed by atoms with van der Waals surface area (Å²) in [7, 11) is -3.20. The zero-order chi connectivity index (χ0) is 16.4. The molecule has 1 aromatic heterocycles. The third kappa shape index (κ3) is 3.81. The van der Waals surface area contributed by atoms with Gasteiger partial charge in [-0.05, 0) is 36.8 Å². The molecule has 1 fully saturated rings. The predicted molar refractivity (Wildman–Crippen MR) is 85.6 cm³/mol. The van der Waals surface area contributed by atoms with Gasteiger partial charge in [0.2, 0.25) is 21.8 Å². The number of ether oxygens (including phenoxy) is 1. The molecule has 0 aliphatic carbocycles. The first kappa shape index (κ1) is 16.2. The Bertz CT molecular complexity index is 692. The van der Waals surface area contributed by atoms with E-state index in [4.69, 9.17) is 4.74 Å². The van der Waals surface area contributed by atoms with Crippen molar-refractivity contribution in [2.24, 2.45) is 11.8 Å². The predicted octanol–water partition coefficient (Wildman–Crippen LogP) is 1.09. The number of hydrogen-bond acceptors (Lipinski definition) is 5. The monoisotopic (exact) mass is 339 g/mol. The number of aromatic nitrogens is 1. The Kier molecular flexibility index (Phi) is 4.54. The number of rotatable bonds is 1. The topological polar surface area (TPSA) is 88.6 Å². The largest absolute Gasteiger partial charge is 0.476 e. The van der Waals surface area contributed by atoms with Crippen LogP contribution in [0.4, 0.5) is 5.69 Å². The first-order valence-electron chi connectivity index (χ1n) is 7.76. The van der Waals surface area contributed by atoms with Crippen LogP contribution in [0.2, 0.25) is 0 Å². The van der Waals surface area contributed by atoms with Gasteiger partial charge in [-0.1, -0.05) is 0 Å². The van der Waals surface area contributed by atoms with Gasteiger partial charge in [-0.2, -0.15) is 0 Å². The molecule has 2 aliphatic rings. The van der Waals surface area contributed by atoms with Crippen LogP contribution in [0.3, 0.4) is 0 Å². The third-order valence-electron chi connectivity index (χ3n) is 4.54. The zero-order valence-electron chi connectivity index (χ0n) is 13.1. The van der Waals surface area contributed by atoms with E-state index in [0.29, 0.717) is 50.5 Å². The molecule has 2 aliphatic heterocycles. The lowest BCUT2D eigenvalue weighted by molar-refractivity contribution is -0.118. The van der Waals surface area contributed by atoms with E-state index in [-0.39, 0.29) is 17.7 Å². The third-order valence-corrected chi connectivity index (χ3v) is 5.81. The highest BCUT2D eigenvalue weighted by Gasteiger charge is 2.34. The zero-order valence-corrected chi connectivity index (χ0v) is 13.9. The van der Waals surface area contributed by atoms with Gasteiger partial charge in [0.1, 0.15) is 5.69 Å². The molecule has 1 amide bonds. The maximum atomic E-state index is 12.3. The van der Waals surface area contributed by atoms with Gasteiger partial charge in [-0.25, -0.2) is 17.7 Å². The second kappa shape index (κ2) is 6.45. The molecule has 1 saturated heterocycles. The number of pyridine rings is 1. The molecule has 0 radical (unpaired) electrons. The van der Waals surface area contributed by atoms with E-state index in [1.165, 1.54) is 10.6 Å². The minimum Gasteiger partial charge on any atom is -0.476 e. The summed E-state index contributed by atoms with van der Waals surface area (Å²) >= 11 is 0. The van der Waals surface area contributed by atoms with Gasteiger partial charge >= 0.3 is 0 Å². The van der Waals surface area contributed by atoms with Gasteiger partial charge in [0.05, 0.1) is 12.9 Å². The van der Waals surface area contributed by atoms with Crippen LogP contribution in [0.25, 0.3) is 0 Å². The highest BCUT2D eigenvalue weighted by atomic mass is 32.2.